The minimum atomic E-state index is -1.01. The lowest BCUT2D eigenvalue weighted by Crippen LogP contribution is -2.42. The number of carboxylic acid groups (broad SMARTS) is 2. The van der Waals surface area contributed by atoms with Crippen LogP contribution in [0.5, 0.6) is 0 Å². The fourth-order valence-corrected chi connectivity index (χ4v) is 3.90. The van der Waals surface area contributed by atoms with Crippen LogP contribution in [0.2, 0.25) is 0 Å². The number of rotatable bonds is 6. The number of aromatic carboxylic acids is 1. The Morgan fingerprint density at radius 2 is 1.76 bits per heavy atom. The maximum atomic E-state index is 12.2. The third-order valence-electron chi connectivity index (χ3n) is 5.30. The zero-order valence-corrected chi connectivity index (χ0v) is 15.8. The quantitative estimate of drug-likeness (QED) is 0.668. The Morgan fingerprint density at radius 3 is 2.41 bits per heavy atom. The molecule has 0 saturated carbocycles. The van der Waals surface area contributed by atoms with Crippen molar-refractivity contribution >= 4 is 22.8 Å². The number of hydrogen-bond donors (Lipinski definition) is 2. The summed E-state index contributed by atoms with van der Waals surface area (Å²) in [5, 5.41) is 20.2. The van der Waals surface area contributed by atoms with Crippen LogP contribution in [0.1, 0.15) is 27.5 Å². The van der Waals surface area contributed by atoms with Crippen molar-refractivity contribution in [3.05, 3.63) is 71.4 Å². The summed E-state index contributed by atoms with van der Waals surface area (Å²) in [6.07, 6.45) is 1.84. The summed E-state index contributed by atoms with van der Waals surface area (Å²) in [6, 6.07) is 13.8. The zero-order chi connectivity index (χ0) is 20.4. The van der Waals surface area contributed by atoms with Gasteiger partial charge in [-0.2, -0.15) is 0 Å². The van der Waals surface area contributed by atoms with E-state index in [-0.39, 0.29) is 5.56 Å². The van der Waals surface area contributed by atoms with Crippen LogP contribution in [0, 0.1) is 0 Å². The van der Waals surface area contributed by atoms with Crippen molar-refractivity contribution in [3.63, 3.8) is 0 Å². The first-order valence-electron chi connectivity index (χ1n) is 9.49. The smallest absolute Gasteiger partial charge is 0.335 e. The van der Waals surface area contributed by atoms with Gasteiger partial charge in [0, 0.05) is 42.3 Å². The third-order valence-corrected chi connectivity index (χ3v) is 5.30. The second kappa shape index (κ2) is 8.06. The normalized spacial score (nSPS) is 16.0. The number of carbonyl (C=O) groups is 2. The first kappa shape index (κ1) is 19.2. The van der Waals surface area contributed by atoms with E-state index in [0.717, 1.165) is 10.9 Å². The van der Waals surface area contributed by atoms with Crippen LogP contribution >= 0.6 is 0 Å². The van der Waals surface area contributed by atoms with Crippen LogP contribution in [0.4, 0.5) is 0 Å². The summed E-state index contributed by atoms with van der Waals surface area (Å²) in [5.41, 5.74) is 2.61. The van der Waals surface area contributed by atoms with Gasteiger partial charge in [0.1, 0.15) is 6.04 Å². The SMILES string of the molecule is O=C(O)c1ccc2c([C@H](C(=O)O)N3CCOCC3)cn(Cc3ccccc3)c2c1. The van der Waals surface area contributed by atoms with Gasteiger partial charge in [-0.3, -0.25) is 9.69 Å². The Kier molecular flexibility index (Phi) is 5.33. The summed E-state index contributed by atoms with van der Waals surface area (Å²) in [7, 11) is 0. The van der Waals surface area contributed by atoms with Crippen molar-refractivity contribution in [2.24, 2.45) is 0 Å². The Morgan fingerprint density at radius 1 is 1.03 bits per heavy atom. The molecule has 2 N–H and O–H groups in total. The number of aliphatic carboxylic acids is 1. The zero-order valence-electron chi connectivity index (χ0n) is 15.8. The summed E-state index contributed by atoms with van der Waals surface area (Å²) >= 11 is 0. The summed E-state index contributed by atoms with van der Waals surface area (Å²) in [5.74, 6) is -1.93. The second-order valence-corrected chi connectivity index (χ2v) is 7.12. The highest BCUT2D eigenvalue weighted by Gasteiger charge is 2.31. The van der Waals surface area contributed by atoms with Gasteiger partial charge in [-0.05, 0) is 17.7 Å². The number of hydrogen-bond acceptors (Lipinski definition) is 4. The van der Waals surface area contributed by atoms with Crippen LogP contribution in [0.25, 0.3) is 10.9 Å². The van der Waals surface area contributed by atoms with Gasteiger partial charge >= 0.3 is 11.9 Å². The average molecular weight is 394 g/mol. The Hall–Kier alpha value is -3.16. The molecule has 1 aliphatic heterocycles. The van der Waals surface area contributed by atoms with Crippen LogP contribution in [-0.2, 0) is 16.1 Å². The van der Waals surface area contributed by atoms with E-state index >= 15 is 0 Å². The van der Waals surface area contributed by atoms with Crippen LogP contribution in [0.15, 0.2) is 54.7 Å². The van der Waals surface area contributed by atoms with Gasteiger partial charge in [0.2, 0.25) is 0 Å². The highest BCUT2D eigenvalue weighted by molar-refractivity contribution is 5.96. The van der Waals surface area contributed by atoms with Crippen LogP contribution in [0.3, 0.4) is 0 Å². The molecule has 1 fully saturated rings. The van der Waals surface area contributed by atoms with E-state index in [2.05, 4.69) is 0 Å². The molecule has 0 unspecified atom stereocenters. The van der Waals surface area contributed by atoms with E-state index in [4.69, 9.17) is 4.74 Å². The molecule has 0 bridgehead atoms. The number of aromatic nitrogens is 1. The lowest BCUT2D eigenvalue weighted by Gasteiger charge is -2.31. The number of morpholine rings is 1. The van der Waals surface area contributed by atoms with Gasteiger partial charge in [0.05, 0.1) is 18.8 Å². The number of fused-ring (bicyclic) bond motifs is 1. The molecule has 2 aromatic carbocycles. The third kappa shape index (κ3) is 3.87. The predicted molar refractivity (Wildman–Crippen MR) is 107 cm³/mol. The highest BCUT2D eigenvalue weighted by Crippen LogP contribution is 2.32. The van der Waals surface area contributed by atoms with Gasteiger partial charge in [0.15, 0.2) is 0 Å². The second-order valence-electron chi connectivity index (χ2n) is 7.12. The molecule has 150 valence electrons. The highest BCUT2D eigenvalue weighted by atomic mass is 16.5. The fraction of sp³-hybridized carbons (Fsp3) is 0.273. The molecule has 7 heteroatoms. The minimum Gasteiger partial charge on any atom is -0.480 e. The van der Waals surface area contributed by atoms with E-state index in [1.165, 1.54) is 6.07 Å². The van der Waals surface area contributed by atoms with Crippen LogP contribution in [-0.4, -0.2) is 57.9 Å². The number of carboxylic acids is 2. The minimum absolute atomic E-state index is 0.176. The van der Waals surface area contributed by atoms with E-state index in [1.54, 1.807) is 12.1 Å². The number of benzene rings is 2. The van der Waals surface area contributed by atoms with Crippen molar-refractivity contribution in [2.45, 2.75) is 12.6 Å². The van der Waals surface area contributed by atoms with E-state index < -0.39 is 18.0 Å². The van der Waals surface area contributed by atoms with Gasteiger partial charge in [-0.15, -0.1) is 0 Å². The lowest BCUT2D eigenvalue weighted by molar-refractivity contribution is -0.145. The average Bonchev–Trinajstić information content (AvgIpc) is 3.07. The van der Waals surface area contributed by atoms with Gasteiger partial charge in [-0.25, -0.2) is 4.79 Å². The van der Waals surface area contributed by atoms with Gasteiger partial charge in [-0.1, -0.05) is 36.4 Å². The lowest BCUT2D eigenvalue weighted by atomic mass is 10.0. The molecule has 2 heterocycles. The molecule has 4 rings (SSSR count). The van der Waals surface area contributed by atoms with Crippen molar-refractivity contribution in [3.8, 4) is 0 Å². The molecule has 0 spiro atoms. The van der Waals surface area contributed by atoms with Gasteiger partial charge in [0.25, 0.3) is 0 Å². The Balaban J connectivity index is 1.84. The molecule has 1 saturated heterocycles. The molecular weight excluding hydrogens is 372 g/mol. The first-order valence-corrected chi connectivity index (χ1v) is 9.49. The van der Waals surface area contributed by atoms with Crippen molar-refractivity contribution in [1.82, 2.24) is 9.47 Å². The maximum absolute atomic E-state index is 12.2. The van der Waals surface area contributed by atoms with Crippen molar-refractivity contribution in [2.75, 3.05) is 26.3 Å². The molecule has 1 aliphatic rings. The van der Waals surface area contributed by atoms with Gasteiger partial charge < -0.3 is 19.5 Å². The maximum Gasteiger partial charge on any atom is 0.335 e. The fourth-order valence-electron chi connectivity index (χ4n) is 3.90. The molecule has 0 amide bonds. The standard InChI is InChI=1S/C22H22N2O5/c25-21(26)16-6-7-17-18(20(22(27)28)23-8-10-29-11-9-23)14-24(19(17)12-16)13-15-4-2-1-3-5-15/h1-7,12,14,20H,8-11,13H2,(H,25,26)(H,27,28)/t20-/m1/s1. The molecule has 0 radical (unpaired) electrons. The van der Waals surface area contributed by atoms with Crippen molar-refractivity contribution < 1.29 is 24.5 Å². The predicted octanol–water partition coefficient (Wildman–Crippen LogP) is 2.85. The first-order chi connectivity index (χ1) is 14.0. The van der Waals surface area contributed by atoms with E-state index in [9.17, 15) is 19.8 Å². The molecule has 0 aliphatic carbocycles. The largest absolute Gasteiger partial charge is 0.480 e. The van der Waals surface area contributed by atoms with E-state index in [0.29, 0.717) is 43.9 Å². The topological polar surface area (TPSA) is 92.0 Å². The number of ether oxygens (including phenoxy) is 1. The van der Waals surface area contributed by atoms with Crippen molar-refractivity contribution in [1.29, 1.82) is 0 Å². The molecule has 1 atom stereocenters. The molecular formula is C22H22N2O5. The molecule has 29 heavy (non-hydrogen) atoms. The van der Waals surface area contributed by atoms with E-state index in [1.807, 2.05) is 46.0 Å². The monoisotopic (exact) mass is 394 g/mol. The molecule has 1 aromatic heterocycles. The summed E-state index contributed by atoms with van der Waals surface area (Å²) in [6.45, 7) is 2.59. The number of nitrogens with zero attached hydrogens (tertiary/aromatic N) is 2. The summed E-state index contributed by atoms with van der Waals surface area (Å²) < 4.78 is 7.31. The Bertz CT molecular complexity index is 1040. The summed E-state index contributed by atoms with van der Waals surface area (Å²) in [4.78, 5) is 25.6. The molecule has 3 aromatic rings. The Labute approximate surface area is 167 Å². The molecule has 7 nitrogen and oxygen atoms in total. The van der Waals surface area contributed by atoms with Crippen LogP contribution < -0.4 is 0 Å².